The Kier molecular flexibility index (Phi) is 5.09. The smallest absolute Gasteiger partial charge is 0.328 e. The van der Waals surface area contributed by atoms with E-state index in [0.29, 0.717) is 45.3 Å². The number of benzene rings is 2. The molecule has 8 nitrogen and oxygen atoms in total. The molecule has 4 aromatic rings. The van der Waals surface area contributed by atoms with Crippen molar-refractivity contribution in [2.45, 2.75) is 32.4 Å². The minimum absolute atomic E-state index is 0.262. The summed E-state index contributed by atoms with van der Waals surface area (Å²) in [5, 5.41) is 20.8. The lowest BCUT2D eigenvalue weighted by Gasteiger charge is -2.13. The Labute approximate surface area is 188 Å². The standard InChI is InChI=1S/C23H21ClN4O4/c1-13(23(30)31)28-22(29)17-5-3-2-4-16(17)20(26-28)11-27-10-15-8-21(32-12-14-6-7-14)18(24)9-19(15)25-27/h2-5,8-10,13-14H,6-7,11-12H2,1H3,(H,30,31). The molecule has 0 bridgehead atoms. The van der Waals surface area contributed by atoms with Crippen molar-refractivity contribution in [2.24, 2.45) is 5.92 Å². The van der Waals surface area contributed by atoms with Gasteiger partial charge in [0.05, 0.1) is 34.8 Å². The molecule has 1 unspecified atom stereocenters. The number of hydrogen-bond acceptors (Lipinski definition) is 5. The quantitative estimate of drug-likeness (QED) is 0.456. The Hall–Kier alpha value is -3.39. The molecule has 1 aliphatic rings. The van der Waals surface area contributed by atoms with Crippen LogP contribution in [0.15, 0.2) is 47.4 Å². The number of aliphatic carboxylic acids is 1. The minimum Gasteiger partial charge on any atom is -0.492 e. The summed E-state index contributed by atoms with van der Waals surface area (Å²) < 4.78 is 8.58. The average molecular weight is 453 g/mol. The van der Waals surface area contributed by atoms with Crippen LogP contribution in [0.1, 0.15) is 31.5 Å². The molecule has 1 saturated carbocycles. The van der Waals surface area contributed by atoms with E-state index in [2.05, 4.69) is 10.2 Å². The van der Waals surface area contributed by atoms with Crippen LogP contribution >= 0.6 is 11.6 Å². The van der Waals surface area contributed by atoms with Crippen LogP contribution in [0, 0.1) is 5.92 Å². The second-order valence-electron chi connectivity index (χ2n) is 8.18. The van der Waals surface area contributed by atoms with Crippen molar-refractivity contribution in [3.63, 3.8) is 0 Å². The van der Waals surface area contributed by atoms with E-state index in [-0.39, 0.29) is 6.54 Å². The van der Waals surface area contributed by atoms with Crippen molar-refractivity contribution in [1.82, 2.24) is 19.6 Å². The van der Waals surface area contributed by atoms with Crippen molar-refractivity contribution in [2.75, 3.05) is 6.61 Å². The third-order valence-electron chi connectivity index (χ3n) is 5.72. The highest BCUT2D eigenvalue weighted by Crippen LogP contribution is 2.33. The number of carboxylic acid groups (broad SMARTS) is 1. The lowest BCUT2D eigenvalue weighted by Crippen LogP contribution is -2.31. The summed E-state index contributed by atoms with van der Waals surface area (Å²) in [5.41, 5.74) is 0.830. The molecule has 2 heterocycles. The Morgan fingerprint density at radius 3 is 2.72 bits per heavy atom. The van der Waals surface area contributed by atoms with E-state index in [9.17, 15) is 14.7 Å². The second kappa shape index (κ2) is 7.94. The second-order valence-corrected chi connectivity index (χ2v) is 8.59. The van der Waals surface area contributed by atoms with Crippen molar-refractivity contribution < 1.29 is 14.6 Å². The molecule has 2 aromatic carbocycles. The molecule has 164 valence electrons. The summed E-state index contributed by atoms with van der Waals surface area (Å²) in [6, 6.07) is 9.61. The molecule has 0 radical (unpaired) electrons. The van der Waals surface area contributed by atoms with Crippen molar-refractivity contribution in [3.05, 3.63) is 63.7 Å². The number of ether oxygens (including phenoxy) is 1. The van der Waals surface area contributed by atoms with Crippen molar-refractivity contribution in [1.29, 1.82) is 0 Å². The molecule has 0 amide bonds. The summed E-state index contributed by atoms with van der Waals surface area (Å²) in [4.78, 5) is 24.3. The lowest BCUT2D eigenvalue weighted by molar-refractivity contribution is -0.140. The predicted octanol–water partition coefficient (Wildman–Crippen LogP) is 3.88. The fraction of sp³-hybridized carbons (Fsp3) is 0.304. The number of fused-ring (bicyclic) bond motifs is 2. The van der Waals surface area contributed by atoms with Gasteiger partial charge in [0.2, 0.25) is 0 Å². The Bertz CT molecular complexity index is 1410. The highest BCUT2D eigenvalue weighted by atomic mass is 35.5. The van der Waals surface area contributed by atoms with Crippen LogP contribution in [0.3, 0.4) is 0 Å². The fourth-order valence-corrected chi connectivity index (χ4v) is 3.88. The van der Waals surface area contributed by atoms with E-state index in [1.54, 1.807) is 28.9 Å². The number of nitrogens with zero attached hydrogens (tertiary/aromatic N) is 4. The number of rotatable bonds is 7. The molecule has 1 aliphatic carbocycles. The maximum absolute atomic E-state index is 12.8. The summed E-state index contributed by atoms with van der Waals surface area (Å²) in [7, 11) is 0. The van der Waals surface area contributed by atoms with Crippen LogP contribution in [-0.2, 0) is 11.3 Å². The largest absolute Gasteiger partial charge is 0.492 e. The summed E-state index contributed by atoms with van der Waals surface area (Å²) in [6.07, 6.45) is 4.25. The first-order chi connectivity index (χ1) is 15.4. The normalized spacial score (nSPS) is 14.7. The maximum Gasteiger partial charge on any atom is 0.328 e. The Balaban J connectivity index is 1.54. The van der Waals surface area contributed by atoms with Crippen LogP contribution in [0.25, 0.3) is 21.7 Å². The molecule has 0 aliphatic heterocycles. The number of hydrogen-bond donors (Lipinski definition) is 1. The molecule has 0 spiro atoms. The van der Waals surface area contributed by atoms with E-state index in [1.807, 2.05) is 18.3 Å². The van der Waals surface area contributed by atoms with E-state index in [1.165, 1.54) is 19.8 Å². The highest BCUT2D eigenvalue weighted by molar-refractivity contribution is 6.32. The summed E-state index contributed by atoms with van der Waals surface area (Å²) in [5.74, 6) is 0.129. The third kappa shape index (κ3) is 3.82. The topological polar surface area (TPSA) is 99.2 Å². The molecular formula is C23H21ClN4O4. The van der Waals surface area contributed by atoms with Crippen LogP contribution in [-0.4, -0.2) is 37.2 Å². The van der Waals surface area contributed by atoms with Gasteiger partial charge in [0.15, 0.2) is 6.04 Å². The van der Waals surface area contributed by atoms with E-state index < -0.39 is 17.6 Å². The van der Waals surface area contributed by atoms with Gasteiger partial charge in [-0.2, -0.15) is 10.2 Å². The van der Waals surface area contributed by atoms with Gasteiger partial charge in [0.1, 0.15) is 5.75 Å². The number of aromatic nitrogens is 4. The van der Waals surface area contributed by atoms with Crippen LogP contribution in [0.4, 0.5) is 0 Å². The Morgan fingerprint density at radius 2 is 2.00 bits per heavy atom. The number of carboxylic acids is 1. The van der Waals surface area contributed by atoms with Gasteiger partial charge in [-0.05, 0) is 43.9 Å². The first-order valence-electron chi connectivity index (χ1n) is 10.4. The molecular weight excluding hydrogens is 432 g/mol. The van der Waals surface area contributed by atoms with Crippen LogP contribution in [0.2, 0.25) is 5.02 Å². The van der Waals surface area contributed by atoms with E-state index in [0.717, 1.165) is 10.1 Å². The van der Waals surface area contributed by atoms with Crippen LogP contribution < -0.4 is 10.3 Å². The number of halogens is 1. The van der Waals surface area contributed by atoms with Crippen LogP contribution in [0.5, 0.6) is 5.75 Å². The zero-order valence-corrected chi connectivity index (χ0v) is 18.1. The van der Waals surface area contributed by atoms with Gasteiger partial charge in [-0.3, -0.25) is 9.48 Å². The van der Waals surface area contributed by atoms with E-state index >= 15 is 0 Å². The zero-order valence-electron chi connectivity index (χ0n) is 17.4. The fourth-order valence-electron chi connectivity index (χ4n) is 3.67. The van der Waals surface area contributed by atoms with Gasteiger partial charge >= 0.3 is 5.97 Å². The van der Waals surface area contributed by atoms with E-state index in [4.69, 9.17) is 16.3 Å². The third-order valence-corrected chi connectivity index (χ3v) is 6.01. The van der Waals surface area contributed by atoms with Crippen molar-refractivity contribution in [3.8, 4) is 5.75 Å². The molecule has 9 heteroatoms. The van der Waals surface area contributed by atoms with Gasteiger partial charge in [-0.1, -0.05) is 29.8 Å². The van der Waals surface area contributed by atoms with Crippen molar-refractivity contribution >= 4 is 39.2 Å². The lowest BCUT2D eigenvalue weighted by atomic mass is 10.1. The average Bonchev–Trinajstić information content (AvgIpc) is 3.53. The maximum atomic E-state index is 12.8. The van der Waals surface area contributed by atoms with Gasteiger partial charge in [0.25, 0.3) is 5.56 Å². The molecule has 1 atom stereocenters. The molecule has 5 rings (SSSR count). The minimum atomic E-state index is -1.13. The first-order valence-corrected chi connectivity index (χ1v) is 10.8. The zero-order chi connectivity index (χ0) is 22.4. The molecule has 0 saturated heterocycles. The SMILES string of the molecule is CC(C(=O)O)n1nc(Cn2cc3cc(OCC4CC4)c(Cl)cc3n2)c2ccccc2c1=O. The number of carbonyl (C=O) groups is 1. The van der Waals surface area contributed by atoms with Gasteiger partial charge in [0, 0.05) is 17.0 Å². The molecule has 1 fully saturated rings. The first kappa shape index (κ1) is 20.5. The van der Waals surface area contributed by atoms with Gasteiger partial charge in [-0.15, -0.1) is 0 Å². The molecule has 1 N–H and O–H groups in total. The molecule has 32 heavy (non-hydrogen) atoms. The Morgan fingerprint density at radius 1 is 1.25 bits per heavy atom. The summed E-state index contributed by atoms with van der Waals surface area (Å²) in [6.45, 7) is 2.36. The van der Waals surface area contributed by atoms with Gasteiger partial charge < -0.3 is 9.84 Å². The predicted molar refractivity (Wildman–Crippen MR) is 120 cm³/mol. The highest BCUT2D eigenvalue weighted by Gasteiger charge is 2.23. The molecule has 2 aromatic heterocycles. The summed E-state index contributed by atoms with van der Waals surface area (Å²) >= 11 is 6.38. The van der Waals surface area contributed by atoms with Gasteiger partial charge in [-0.25, -0.2) is 9.48 Å². The monoisotopic (exact) mass is 452 g/mol.